The molecule has 0 atom stereocenters. The standard InChI is InChI=1S/C12H17ClN2S/c1-9(2)14-6-10(3)8-16-12-5-4-11(13)7-15-12/h4-5,7,9,14H,3,6,8H2,1-2H3. The molecule has 0 saturated heterocycles. The van der Waals surface area contributed by atoms with Crippen LogP contribution in [0, 0.1) is 0 Å². The van der Waals surface area contributed by atoms with E-state index in [0.29, 0.717) is 11.1 Å². The van der Waals surface area contributed by atoms with Gasteiger partial charge in [0.15, 0.2) is 0 Å². The summed E-state index contributed by atoms with van der Waals surface area (Å²) in [6.45, 7) is 9.13. The lowest BCUT2D eigenvalue weighted by Crippen LogP contribution is -2.25. The van der Waals surface area contributed by atoms with Crippen molar-refractivity contribution in [3.05, 3.63) is 35.5 Å². The molecule has 0 radical (unpaired) electrons. The maximum Gasteiger partial charge on any atom is 0.0964 e. The van der Waals surface area contributed by atoms with Crippen LogP contribution in [0.2, 0.25) is 5.02 Å². The summed E-state index contributed by atoms with van der Waals surface area (Å²) in [6, 6.07) is 4.28. The highest BCUT2D eigenvalue weighted by Crippen LogP contribution is 2.18. The van der Waals surface area contributed by atoms with Gasteiger partial charge in [0.05, 0.1) is 10.0 Å². The Bertz CT molecular complexity index is 335. The average Bonchev–Trinajstić information content (AvgIpc) is 2.25. The lowest BCUT2D eigenvalue weighted by molar-refractivity contribution is 0.623. The van der Waals surface area contributed by atoms with Crippen molar-refractivity contribution < 1.29 is 0 Å². The number of rotatable bonds is 6. The van der Waals surface area contributed by atoms with Crippen LogP contribution in [-0.2, 0) is 0 Å². The molecule has 0 aromatic carbocycles. The maximum atomic E-state index is 5.76. The Labute approximate surface area is 106 Å². The zero-order valence-electron chi connectivity index (χ0n) is 9.66. The van der Waals surface area contributed by atoms with Crippen LogP contribution in [0.1, 0.15) is 13.8 Å². The molecule has 2 nitrogen and oxygen atoms in total. The first-order chi connectivity index (χ1) is 7.58. The van der Waals surface area contributed by atoms with E-state index < -0.39 is 0 Å². The van der Waals surface area contributed by atoms with E-state index in [1.165, 1.54) is 5.57 Å². The SMILES string of the molecule is C=C(CNC(C)C)CSc1ccc(Cl)cn1. The van der Waals surface area contributed by atoms with E-state index in [1.807, 2.05) is 12.1 Å². The molecule has 1 aromatic heterocycles. The van der Waals surface area contributed by atoms with Crippen LogP contribution in [0.3, 0.4) is 0 Å². The first-order valence-corrected chi connectivity index (χ1v) is 6.58. The van der Waals surface area contributed by atoms with Crippen LogP contribution < -0.4 is 5.32 Å². The normalized spacial score (nSPS) is 10.8. The molecule has 88 valence electrons. The van der Waals surface area contributed by atoms with Gasteiger partial charge >= 0.3 is 0 Å². The van der Waals surface area contributed by atoms with Gasteiger partial charge in [0.1, 0.15) is 0 Å². The van der Waals surface area contributed by atoms with Gasteiger partial charge < -0.3 is 5.32 Å². The van der Waals surface area contributed by atoms with Crippen LogP contribution in [0.25, 0.3) is 0 Å². The number of hydrogen-bond acceptors (Lipinski definition) is 3. The van der Waals surface area contributed by atoms with Crippen molar-refractivity contribution in [2.75, 3.05) is 12.3 Å². The van der Waals surface area contributed by atoms with E-state index in [-0.39, 0.29) is 0 Å². The van der Waals surface area contributed by atoms with Gasteiger partial charge in [-0.1, -0.05) is 37.6 Å². The van der Waals surface area contributed by atoms with Gasteiger partial charge in [-0.25, -0.2) is 4.98 Å². The zero-order valence-corrected chi connectivity index (χ0v) is 11.2. The van der Waals surface area contributed by atoms with Crippen molar-refractivity contribution in [2.45, 2.75) is 24.9 Å². The van der Waals surface area contributed by atoms with E-state index in [9.17, 15) is 0 Å². The van der Waals surface area contributed by atoms with Gasteiger partial charge in [-0.3, -0.25) is 0 Å². The van der Waals surface area contributed by atoms with E-state index in [2.05, 4.69) is 30.7 Å². The van der Waals surface area contributed by atoms with Crippen LogP contribution >= 0.6 is 23.4 Å². The van der Waals surface area contributed by atoms with Crippen molar-refractivity contribution in [3.8, 4) is 0 Å². The van der Waals surface area contributed by atoms with Gasteiger partial charge in [-0.15, -0.1) is 11.8 Å². The molecule has 0 aliphatic carbocycles. The van der Waals surface area contributed by atoms with Crippen LogP contribution in [0.5, 0.6) is 0 Å². The third kappa shape index (κ3) is 5.54. The zero-order chi connectivity index (χ0) is 12.0. The topological polar surface area (TPSA) is 24.9 Å². The number of aromatic nitrogens is 1. The third-order valence-corrected chi connectivity index (χ3v) is 3.20. The Morgan fingerprint density at radius 3 is 2.88 bits per heavy atom. The van der Waals surface area contributed by atoms with Crippen molar-refractivity contribution >= 4 is 23.4 Å². The van der Waals surface area contributed by atoms with Gasteiger partial charge in [-0.05, 0) is 12.1 Å². The molecule has 0 bridgehead atoms. The third-order valence-electron chi connectivity index (χ3n) is 1.88. The molecule has 0 spiro atoms. The number of nitrogens with zero attached hydrogens (tertiary/aromatic N) is 1. The highest BCUT2D eigenvalue weighted by Gasteiger charge is 2.00. The van der Waals surface area contributed by atoms with Crippen molar-refractivity contribution in [3.63, 3.8) is 0 Å². The summed E-state index contributed by atoms with van der Waals surface area (Å²) >= 11 is 7.44. The number of hydrogen-bond donors (Lipinski definition) is 1. The van der Waals surface area contributed by atoms with Gasteiger partial charge in [0.2, 0.25) is 0 Å². The van der Waals surface area contributed by atoms with E-state index in [4.69, 9.17) is 11.6 Å². The number of pyridine rings is 1. The Kier molecular flexibility index (Phi) is 5.88. The minimum atomic E-state index is 0.496. The molecule has 0 fully saturated rings. The molecule has 4 heteroatoms. The maximum absolute atomic E-state index is 5.76. The Hall–Kier alpha value is -0.510. The Balaban J connectivity index is 2.29. The summed E-state index contributed by atoms with van der Waals surface area (Å²) in [4.78, 5) is 4.21. The molecule has 0 aliphatic rings. The van der Waals surface area contributed by atoms with Crippen molar-refractivity contribution in [1.29, 1.82) is 0 Å². The molecule has 1 N–H and O–H groups in total. The highest BCUT2D eigenvalue weighted by atomic mass is 35.5. The molecule has 1 rings (SSSR count). The predicted molar refractivity (Wildman–Crippen MR) is 72.2 cm³/mol. The number of thioether (sulfide) groups is 1. The van der Waals surface area contributed by atoms with Gasteiger partial charge in [-0.2, -0.15) is 0 Å². The minimum absolute atomic E-state index is 0.496. The van der Waals surface area contributed by atoms with Gasteiger partial charge in [0.25, 0.3) is 0 Å². The van der Waals surface area contributed by atoms with Crippen molar-refractivity contribution in [1.82, 2.24) is 10.3 Å². The van der Waals surface area contributed by atoms with Crippen LogP contribution in [0.4, 0.5) is 0 Å². The summed E-state index contributed by atoms with van der Waals surface area (Å²) < 4.78 is 0. The highest BCUT2D eigenvalue weighted by molar-refractivity contribution is 7.99. The largest absolute Gasteiger partial charge is 0.311 e. The number of nitrogens with one attached hydrogen (secondary N) is 1. The lowest BCUT2D eigenvalue weighted by Gasteiger charge is -2.09. The van der Waals surface area contributed by atoms with Gasteiger partial charge in [0, 0.05) is 24.5 Å². The summed E-state index contributed by atoms with van der Waals surface area (Å²) in [5, 5.41) is 4.99. The van der Waals surface area contributed by atoms with Crippen LogP contribution in [0.15, 0.2) is 35.5 Å². The monoisotopic (exact) mass is 256 g/mol. The molecule has 1 heterocycles. The molecule has 0 saturated carbocycles. The molecule has 1 aromatic rings. The summed E-state index contributed by atoms with van der Waals surface area (Å²) in [7, 11) is 0. The van der Waals surface area contributed by atoms with E-state index >= 15 is 0 Å². The number of halogens is 1. The lowest BCUT2D eigenvalue weighted by atomic mass is 10.3. The summed E-state index contributed by atoms with van der Waals surface area (Å²) in [5.74, 6) is 0.883. The average molecular weight is 257 g/mol. The fourth-order valence-corrected chi connectivity index (χ4v) is 1.88. The molecule has 0 amide bonds. The minimum Gasteiger partial charge on any atom is -0.311 e. The Morgan fingerprint density at radius 2 is 2.31 bits per heavy atom. The predicted octanol–water partition coefficient (Wildman–Crippen LogP) is 3.38. The second-order valence-corrected chi connectivity index (χ2v) is 5.32. The molecular weight excluding hydrogens is 240 g/mol. The molecule has 0 unspecified atom stereocenters. The second-order valence-electron chi connectivity index (χ2n) is 3.89. The fourth-order valence-electron chi connectivity index (χ4n) is 1.02. The van der Waals surface area contributed by atoms with E-state index in [0.717, 1.165) is 17.3 Å². The van der Waals surface area contributed by atoms with Crippen LogP contribution in [-0.4, -0.2) is 23.3 Å². The summed E-state index contributed by atoms with van der Waals surface area (Å²) in [5.41, 5.74) is 1.18. The summed E-state index contributed by atoms with van der Waals surface area (Å²) in [6.07, 6.45) is 1.67. The smallest absolute Gasteiger partial charge is 0.0964 e. The molecule has 0 aliphatic heterocycles. The quantitative estimate of drug-likeness (QED) is 0.624. The fraction of sp³-hybridized carbons (Fsp3) is 0.417. The first kappa shape index (κ1) is 13.6. The first-order valence-electron chi connectivity index (χ1n) is 5.22. The molecule has 16 heavy (non-hydrogen) atoms. The second kappa shape index (κ2) is 6.94. The Morgan fingerprint density at radius 1 is 1.56 bits per heavy atom. The van der Waals surface area contributed by atoms with Crippen molar-refractivity contribution in [2.24, 2.45) is 0 Å². The molecular formula is C12H17ClN2S. The van der Waals surface area contributed by atoms with E-state index in [1.54, 1.807) is 18.0 Å².